The topological polar surface area (TPSA) is 3.24 Å². The van der Waals surface area contributed by atoms with E-state index in [0.29, 0.717) is 0 Å². The highest BCUT2D eigenvalue weighted by molar-refractivity contribution is 5.70. The van der Waals surface area contributed by atoms with Crippen LogP contribution in [0.15, 0.2) is 47.8 Å². The van der Waals surface area contributed by atoms with Crippen molar-refractivity contribution in [3.63, 3.8) is 0 Å². The monoisotopic (exact) mass is 269 g/mol. The van der Waals surface area contributed by atoms with Crippen LogP contribution in [-0.4, -0.2) is 0 Å². The molecule has 0 N–H and O–H groups in total. The summed E-state index contributed by atoms with van der Waals surface area (Å²) in [6.07, 6.45) is 3.13. The first-order valence-corrected chi connectivity index (χ1v) is 7.78. The van der Waals surface area contributed by atoms with Crippen molar-refractivity contribution < 1.29 is 0 Å². The summed E-state index contributed by atoms with van der Waals surface area (Å²) in [5.74, 6) is 0. The van der Waals surface area contributed by atoms with Gasteiger partial charge in [-0.3, -0.25) is 0 Å². The van der Waals surface area contributed by atoms with Crippen LogP contribution < -0.4 is 4.90 Å². The molecule has 1 aliphatic rings. The number of anilines is 1. The molecule has 108 valence electrons. The molecule has 0 spiro atoms. The number of fused-ring (bicyclic) bond motifs is 1. The lowest BCUT2D eigenvalue weighted by Gasteiger charge is -2.44. The van der Waals surface area contributed by atoms with Crippen molar-refractivity contribution in [1.82, 2.24) is 0 Å². The zero-order valence-corrected chi connectivity index (χ0v) is 13.6. The highest BCUT2D eigenvalue weighted by atomic mass is 15.2. The molecule has 0 aliphatic carbocycles. The van der Waals surface area contributed by atoms with Crippen LogP contribution in [0.5, 0.6) is 0 Å². The summed E-state index contributed by atoms with van der Waals surface area (Å²) in [7, 11) is 0. The molecule has 1 heteroatoms. The van der Waals surface area contributed by atoms with Gasteiger partial charge in [-0.25, -0.2) is 0 Å². The highest BCUT2D eigenvalue weighted by Gasteiger charge is 2.36. The van der Waals surface area contributed by atoms with E-state index in [0.717, 1.165) is 19.3 Å². The fraction of sp³-hybridized carbons (Fsp3) is 0.474. The number of rotatable bonds is 4. The maximum absolute atomic E-state index is 4.30. The van der Waals surface area contributed by atoms with E-state index in [4.69, 9.17) is 0 Å². The first-order chi connectivity index (χ1) is 9.48. The molecule has 1 aliphatic heterocycles. The Balaban J connectivity index is 2.75. The fourth-order valence-electron chi connectivity index (χ4n) is 3.54. The Bertz CT molecular complexity index is 549. The predicted octanol–water partition coefficient (Wildman–Crippen LogP) is 5.78. The van der Waals surface area contributed by atoms with Gasteiger partial charge in [0.15, 0.2) is 0 Å². The van der Waals surface area contributed by atoms with Crippen molar-refractivity contribution in [3.8, 4) is 0 Å². The van der Waals surface area contributed by atoms with E-state index in [9.17, 15) is 0 Å². The van der Waals surface area contributed by atoms with Crippen LogP contribution >= 0.6 is 0 Å². The quantitative estimate of drug-likeness (QED) is 0.669. The standard InChI is InChI=1S/C19H27N/c1-7-14(4)20-17(9-3)15(8-2)19(5,6)16-12-10-11-13-18(16)20/h10-13H,4,7-9H2,1-3,5-6H3. The third-order valence-electron chi connectivity index (χ3n) is 4.60. The van der Waals surface area contributed by atoms with Gasteiger partial charge >= 0.3 is 0 Å². The lowest BCUT2D eigenvalue weighted by molar-refractivity contribution is 0.570. The second-order valence-corrected chi connectivity index (χ2v) is 6.03. The van der Waals surface area contributed by atoms with Crippen molar-refractivity contribution in [2.45, 2.75) is 59.3 Å². The Morgan fingerprint density at radius 2 is 1.75 bits per heavy atom. The highest BCUT2D eigenvalue weighted by Crippen LogP contribution is 2.48. The molecule has 2 rings (SSSR count). The van der Waals surface area contributed by atoms with Gasteiger partial charge in [0.05, 0.1) is 0 Å². The smallest absolute Gasteiger partial charge is 0.0495 e. The average molecular weight is 269 g/mol. The van der Waals surface area contributed by atoms with E-state index in [1.54, 1.807) is 5.57 Å². The van der Waals surface area contributed by atoms with Crippen molar-refractivity contribution >= 4 is 5.69 Å². The Kier molecular flexibility index (Phi) is 4.08. The molecule has 0 atom stereocenters. The van der Waals surface area contributed by atoms with Gasteiger partial charge in [-0.2, -0.15) is 0 Å². The molecule has 1 nitrogen and oxygen atoms in total. The van der Waals surface area contributed by atoms with Crippen molar-refractivity contribution in [2.75, 3.05) is 4.90 Å². The van der Waals surface area contributed by atoms with Crippen molar-refractivity contribution in [3.05, 3.63) is 53.4 Å². The van der Waals surface area contributed by atoms with Gasteiger partial charge in [0.25, 0.3) is 0 Å². The zero-order chi connectivity index (χ0) is 14.9. The van der Waals surface area contributed by atoms with Gasteiger partial charge in [-0.15, -0.1) is 0 Å². The fourth-order valence-corrected chi connectivity index (χ4v) is 3.54. The second-order valence-electron chi connectivity index (χ2n) is 6.03. The first kappa shape index (κ1) is 14.9. The normalized spacial score (nSPS) is 17.1. The van der Waals surface area contributed by atoms with E-state index in [-0.39, 0.29) is 5.41 Å². The van der Waals surface area contributed by atoms with Gasteiger partial charge in [0.2, 0.25) is 0 Å². The Hall–Kier alpha value is -1.50. The maximum atomic E-state index is 4.30. The number of nitrogens with zero attached hydrogens (tertiary/aromatic N) is 1. The van der Waals surface area contributed by atoms with Crippen molar-refractivity contribution in [2.24, 2.45) is 0 Å². The molecule has 0 radical (unpaired) electrons. The number of benzene rings is 1. The largest absolute Gasteiger partial charge is 0.318 e. The van der Waals surface area contributed by atoms with Crippen LogP contribution in [0.3, 0.4) is 0 Å². The van der Waals surface area contributed by atoms with E-state index in [2.05, 4.69) is 70.4 Å². The van der Waals surface area contributed by atoms with E-state index in [1.807, 2.05) is 0 Å². The van der Waals surface area contributed by atoms with Gasteiger partial charge in [0.1, 0.15) is 0 Å². The van der Waals surface area contributed by atoms with Crippen LogP contribution in [0.4, 0.5) is 5.69 Å². The summed E-state index contributed by atoms with van der Waals surface area (Å²) in [5.41, 5.74) is 7.04. The molecule has 0 aromatic heterocycles. The van der Waals surface area contributed by atoms with Crippen LogP contribution in [-0.2, 0) is 5.41 Å². The number of para-hydroxylation sites is 1. The molecule has 1 aromatic carbocycles. The molecule has 1 aromatic rings. The third-order valence-corrected chi connectivity index (χ3v) is 4.60. The van der Waals surface area contributed by atoms with E-state index >= 15 is 0 Å². The van der Waals surface area contributed by atoms with Gasteiger partial charge in [-0.05, 0) is 36.5 Å². The van der Waals surface area contributed by atoms with E-state index < -0.39 is 0 Å². The zero-order valence-electron chi connectivity index (χ0n) is 13.6. The molecule has 0 bridgehead atoms. The second kappa shape index (κ2) is 5.47. The molecule has 0 amide bonds. The predicted molar refractivity (Wildman–Crippen MR) is 89.0 cm³/mol. The van der Waals surface area contributed by atoms with Gasteiger partial charge in [-0.1, -0.05) is 59.4 Å². The number of hydrogen-bond acceptors (Lipinski definition) is 1. The maximum Gasteiger partial charge on any atom is 0.0495 e. The van der Waals surface area contributed by atoms with Crippen LogP contribution in [0.25, 0.3) is 0 Å². The van der Waals surface area contributed by atoms with Crippen LogP contribution in [0, 0.1) is 0 Å². The van der Waals surface area contributed by atoms with Gasteiger partial charge in [0, 0.05) is 22.5 Å². The summed E-state index contributed by atoms with van der Waals surface area (Å²) in [4.78, 5) is 2.40. The first-order valence-electron chi connectivity index (χ1n) is 7.78. The lowest BCUT2D eigenvalue weighted by atomic mass is 9.72. The average Bonchev–Trinajstić information content (AvgIpc) is 2.45. The minimum atomic E-state index is 0.112. The molecular weight excluding hydrogens is 242 g/mol. The van der Waals surface area contributed by atoms with Crippen molar-refractivity contribution in [1.29, 1.82) is 0 Å². The summed E-state index contributed by atoms with van der Waals surface area (Å²) < 4.78 is 0. The lowest BCUT2D eigenvalue weighted by Crippen LogP contribution is -2.35. The summed E-state index contributed by atoms with van der Waals surface area (Å²) in [6, 6.07) is 8.79. The minimum absolute atomic E-state index is 0.112. The number of hydrogen-bond donors (Lipinski definition) is 0. The summed E-state index contributed by atoms with van der Waals surface area (Å²) >= 11 is 0. The molecule has 0 saturated carbocycles. The third kappa shape index (κ3) is 2.09. The Morgan fingerprint density at radius 3 is 2.30 bits per heavy atom. The van der Waals surface area contributed by atoms with Crippen LogP contribution in [0.1, 0.15) is 59.4 Å². The summed E-state index contributed by atoms with van der Waals surface area (Å²) in [5, 5.41) is 0. The SMILES string of the molecule is C=C(CC)N1C(CC)=C(CC)C(C)(C)c2ccccc21. The molecule has 0 fully saturated rings. The Labute approximate surface area is 124 Å². The summed E-state index contributed by atoms with van der Waals surface area (Å²) in [6.45, 7) is 15.7. The Morgan fingerprint density at radius 1 is 1.10 bits per heavy atom. The van der Waals surface area contributed by atoms with Crippen LogP contribution in [0.2, 0.25) is 0 Å². The molecular formula is C19H27N. The molecule has 20 heavy (non-hydrogen) atoms. The molecule has 0 saturated heterocycles. The van der Waals surface area contributed by atoms with E-state index in [1.165, 1.54) is 22.6 Å². The molecule has 0 unspecified atom stereocenters. The molecule has 1 heterocycles. The number of allylic oxidation sites excluding steroid dienone is 3. The van der Waals surface area contributed by atoms with Gasteiger partial charge < -0.3 is 4.90 Å². The minimum Gasteiger partial charge on any atom is -0.318 e.